The summed E-state index contributed by atoms with van der Waals surface area (Å²) >= 11 is 1.79. The summed E-state index contributed by atoms with van der Waals surface area (Å²) < 4.78 is 0. The molecule has 0 aliphatic carbocycles. The van der Waals surface area contributed by atoms with Gasteiger partial charge in [-0.3, -0.25) is 0 Å². The highest BCUT2D eigenvalue weighted by atomic mass is 32.1. The predicted molar refractivity (Wildman–Crippen MR) is 88.5 cm³/mol. The molecule has 0 saturated heterocycles. The summed E-state index contributed by atoms with van der Waals surface area (Å²) in [6.45, 7) is 7.24. The van der Waals surface area contributed by atoms with Crippen molar-refractivity contribution in [3.05, 3.63) is 35.2 Å². The Bertz CT molecular complexity index is 522. The monoisotopic (exact) mass is 289 g/mol. The molecule has 0 radical (unpaired) electrons. The first-order valence-electron chi connectivity index (χ1n) is 7.23. The average Bonchev–Trinajstić information content (AvgIpc) is 2.90. The fourth-order valence-electron chi connectivity index (χ4n) is 2.11. The van der Waals surface area contributed by atoms with Crippen LogP contribution in [-0.2, 0) is 6.54 Å². The van der Waals surface area contributed by atoms with Crippen molar-refractivity contribution in [2.75, 3.05) is 25.0 Å². The molecule has 0 aliphatic rings. The maximum Gasteiger partial charge on any atom is 0.185 e. The Balaban J connectivity index is 2.32. The standard InChI is InChI=1S/C16H23N3S/c1-4-11-19(3)16-18-15(13-9-7-6-8-10-13)14(20-16)12-17-5-2/h6-10,17H,4-5,11-12H2,1-3H3. The molecule has 0 saturated carbocycles. The Morgan fingerprint density at radius 3 is 2.60 bits per heavy atom. The minimum absolute atomic E-state index is 0.887. The normalized spacial score (nSPS) is 10.8. The van der Waals surface area contributed by atoms with Crippen molar-refractivity contribution in [2.24, 2.45) is 0 Å². The Hall–Kier alpha value is -1.39. The lowest BCUT2D eigenvalue weighted by Gasteiger charge is -2.13. The molecule has 0 bridgehead atoms. The van der Waals surface area contributed by atoms with Gasteiger partial charge < -0.3 is 10.2 Å². The number of hydrogen-bond acceptors (Lipinski definition) is 4. The number of nitrogens with zero attached hydrogens (tertiary/aromatic N) is 2. The summed E-state index contributed by atoms with van der Waals surface area (Å²) in [6.07, 6.45) is 1.14. The second-order valence-corrected chi connectivity index (χ2v) is 5.90. The fraction of sp³-hybridized carbons (Fsp3) is 0.438. The van der Waals surface area contributed by atoms with Crippen LogP contribution in [0, 0.1) is 0 Å². The molecule has 2 aromatic rings. The van der Waals surface area contributed by atoms with Gasteiger partial charge in [-0.2, -0.15) is 0 Å². The Kier molecular flexibility index (Phi) is 5.56. The minimum atomic E-state index is 0.887. The van der Waals surface area contributed by atoms with Crippen LogP contribution in [0.4, 0.5) is 5.13 Å². The van der Waals surface area contributed by atoms with E-state index in [1.165, 1.54) is 10.4 Å². The summed E-state index contributed by atoms with van der Waals surface area (Å²) in [6, 6.07) is 10.5. The topological polar surface area (TPSA) is 28.2 Å². The largest absolute Gasteiger partial charge is 0.351 e. The Labute approximate surface area is 125 Å². The van der Waals surface area contributed by atoms with Crippen molar-refractivity contribution in [1.82, 2.24) is 10.3 Å². The maximum absolute atomic E-state index is 4.86. The van der Waals surface area contributed by atoms with E-state index in [1.54, 1.807) is 11.3 Å². The van der Waals surface area contributed by atoms with Crippen molar-refractivity contribution in [1.29, 1.82) is 0 Å². The van der Waals surface area contributed by atoms with Crippen LogP contribution in [0.1, 0.15) is 25.1 Å². The van der Waals surface area contributed by atoms with Gasteiger partial charge in [0, 0.05) is 30.6 Å². The molecular formula is C16H23N3S. The molecular weight excluding hydrogens is 266 g/mol. The van der Waals surface area contributed by atoms with E-state index in [-0.39, 0.29) is 0 Å². The quantitative estimate of drug-likeness (QED) is 0.841. The molecule has 0 spiro atoms. The minimum Gasteiger partial charge on any atom is -0.351 e. The molecule has 0 atom stereocenters. The van der Waals surface area contributed by atoms with Crippen LogP contribution in [0.5, 0.6) is 0 Å². The van der Waals surface area contributed by atoms with Crippen LogP contribution in [0.15, 0.2) is 30.3 Å². The van der Waals surface area contributed by atoms with Crippen LogP contribution in [0.2, 0.25) is 0 Å². The van der Waals surface area contributed by atoms with E-state index in [1.807, 2.05) is 6.07 Å². The predicted octanol–water partition coefficient (Wildman–Crippen LogP) is 3.77. The van der Waals surface area contributed by atoms with Crippen molar-refractivity contribution in [3.8, 4) is 11.3 Å². The summed E-state index contributed by atoms with van der Waals surface area (Å²) in [5.74, 6) is 0. The zero-order valence-electron chi connectivity index (χ0n) is 12.5. The lowest BCUT2D eigenvalue weighted by molar-refractivity contribution is 0.735. The number of benzene rings is 1. The van der Waals surface area contributed by atoms with Crippen molar-refractivity contribution in [3.63, 3.8) is 0 Å². The number of anilines is 1. The van der Waals surface area contributed by atoms with Crippen LogP contribution in [0.25, 0.3) is 11.3 Å². The Morgan fingerprint density at radius 1 is 1.20 bits per heavy atom. The smallest absolute Gasteiger partial charge is 0.185 e. The second-order valence-electron chi connectivity index (χ2n) is 4.84. The van der Waals surface area contributed by atoms with Gasteiger partial charge in [0.2, 0.25) is 0 Å². The molecule has 1 heterocycles. The fourth-order valence-corrected chi connectivity index (χ4v) is 3.15. The van der Waals surface area contributed by atoms with E-state index in [0.29, 0.717) is 0 Å². The summed E-state index contributed by atoms with van der Waals surface area (Å²) in [7, 11) is 2.12. The first-order valence-corrected chi connectivity index (χ1v) is 8.04. The third kappa shape index (κ3) is 3.58. The molecule has 1 aromatic carbocycles. The lowest BCUT2D eigenvalue weighted by Crippen LogP contribution is -2.17. The molecule has 108 valence electrons. The van der Waals surface area contributed by atoms with Crippen LogP contribution in [-0.4, -0.2) is 25.1 Å². The lowest BCUT2D eigenvalue weighted by atomic mass is 10.1. The van der Waals surface area contributed by atoms with Gasteiger partial charge in [0.25, 0.3) is 0 Å². The van der Waals surface area contributed by atoms with Gasteiger partial charge in [0.05, 0.1) is 5.69 Å². The highest BCUT2D eigenvalue weighted by Crippen LogP contribution is 2.32. The van der Waals surface area contributed by atoms with Gasteiger partial charge in [0.15, 0.2) is 5.13 Å². The van der Waals surface area contributed by atoms with Crippen LogP contribution in [0.3, 0.4) is 0 Å². The number of hydrogen-bond donors (Lipinski definition) is 1. The Morgan fingerprint density at radius 2 is 1.95 bits per heavy atom. The molecule has 20 heavy (non-hydrogen) atoms. The van der Waals surface area contributed by atoms with Gasteiger partial charge in [-0.1, -0.05) is 55.5 Å². The number of thiazole rings is 1. The highest BCUT2D eigenvalue weighted by molar-refractivity contribution is 7.16. The van der Waals surface area contributed by atoms with E-state index < -0.39 is 0 Å². The number of nitrogens with one attached hydrogen (secondary N) is 1. The van der Waals surface area contributed by atoms with Gasteiger partial charge in [0.1, 0.15) is 0 Å². The van der Waals surface area contributed by atoms with E-state index >= 15 is 0 Å². The molecule has 4 heteroatoms. The molecule has 0 aliphatic heterocycles. The van der Waals surface area contributed by atoms with Gasteiger partial charge in [-0.15, -0.1) is 0 Å². The van der Waals surface area contributed by atoms with Gasteiger partial charge >= 0.3 is 0 Å². The van der Waals surface area contributed by atoms with Crippen molar-refractivity contribution in [2.45, 2.75) is 26.8 Å². The van der Waals surface area contributed by atoms with Crippen LogP contribution >= 0.6 is 11.3 Å². The number of aromatic nitrogens is 1. The van der Waals surface area contributed by atoms with E-state index in [9.17, 15) is 0 Å². The van der Waals surface area contributed by atoms with E-state index in [4.69, 9.17) is 4.98 Å². The molecule has 0 amide bonds. The zero-order chi connectivity index (χ0) is 14.4. The molecule has 2 rings (SSSR count). The van der Waals surface area contributed by atoms with E-state index in [2.05, 4.69) is 55.4 Å². The van der Waals surface area contributed by atoms with Crippen molar-refractivity contribution >= 4 is 16.5 Å². The van der Waals surface area contributed by atoms with Crippen LogP contribution < -0.4 is 10.2 Å². The SMILES string of the molecule is CCCN(C)c1nc(-c2ccccc2)c(CNCC)s1. The maximum atomic E-state index is 4.86. The molecule has 3 nitrogen and oxygen atoms in total. The zero-order valence-corrected chi connectivity index (χ0v) is 13.3. The first kappa shape index (κ1) is 15.0. The summed E-state index contributed by atoms with van der Waals surface area (Å²) in [5.41, 5.74) is 2.32. The molecule has 1 N–H and O–H groups in total. The average molecular weight is 289 g/mol. The third-order valence-corrected chi connectivity index (χ3v) is 4.32. The molecule has 0 fully saturated rings. The summed E-state index contributed by atoms with van der Waals surface area (Å²) in [4.78, 5) is 8.41. The summed E-state index contributed by atoms with van der Waals surface area (Å²) in [5, 5.41) is 4.52. The highest BCUT2D eigenvalue weighted by Gasteiger charge is 2.14. The molecule has 1 aromatic heterocycles. The second kappa shape index (κ2) is 7.41. The first-order chi connectivity index (χ1) is 9.76. The molecule has 0 unspecified atom stereocenters. The van der Waals surface area contributed by atoms with Crippen molar-refractivity contribution < 1.29 is 0 Å². The van der Waals surface area contributed by atoms with E-state index in [0.717, 1.165) is 36.9 Å². The third-order valence-electron chi connectivity index (χ3n) is 3.15. The number of rotatable bonds is 7. The van der Waals surface area contributed by atoms with Gasteiger partial charge in [-0.25, -0.2) is 4.98 Å². The van der Waals surface area contributed by atoms with Gasteiger partial charge in [-0.05, 0) is 13.0 Å².